The number of carbonyl (C=O) groups is 1. The van der Waals surface area contributed by atoms with Gasteiger partial charge in [-0.3, -0.25) is 4.79 Å². The lowest BCUT2D eigenvalue weighted by atomic mass is 10.1. The minimum absolute atomic E-state index is 0.0526. The molecule has 0 spiro atoms. The second-order valence-corrected chi connectivity index (χ2v) is 4.95. The molecule has 0 unspecified atom stereocenters. The second kappa shape index (κ2) is 6.40. The highest BCUT2D eigenvalue weighted by molar-refractivity contribution is 5.94. The number of nitrogen functional groups attached to an aromatic ring is 1. The molecule has 0 aliphatic rings. The van der Waals surface area contributed by atoms with Gasteiger partial charge in [0.2, 0.25) is 0 Å². The number of amides is 1. The normalized spacial score (nSPS) is 10.7. The zero-order valence-corrected chi connectivity index (χ0v) is 11.7. The third-order valence-corrected chi connectivity index (χ3v) is 2.96. The van der Waals surface area contributed by atoms with Gasteiger partial charge in [-0.05, 0) is 57.7 Å². The zero-order valence-electron chi connectivity index (χ0n) is 11.7. The summed E-state index contributed by atoms with van der Waals surface area (Å²) in [6, 6.07) is 5.42. The largest absolute Gasteiger partial charge is 0.399 e. The molecule has 0 radical (unpaired) electrons. The summed E-state index contributed by atoms with van der Waals surface area (Å²) in [7, 11) is 5.90. The Labute approximate surface area is 109 Å². The number of nitrogens with zero attached hydrogens (tertiary/aromatic N) is 2. The molecular formula is C14H23N3O. The van der Waals surface area contributed by atoms with Gasteiger partial charge in [0.25, 0.3) is 5.91 Å². The number of aryl methyl sites for hydroxylation is 1. The third kappa shape index (κ3) is 4.04. The van der Waals surface area contributed by atoms with Gasteiger partial charge in [-0.15, -0.1) is 0 Å². The van der Waals surface area contributed by atoms with Crippen molar-refractivity contribution in [1.29, 1.82) is 0 Å². The molecule has 1 amide bonds. The van der Waals surface area contributed by atoms with Crippen LogP contribution in [-0.4, -0.2) is 49.9 Å². The van der Waals surface area contributed by atoms with Crippen molar-refractivity contribution >= 4 is 11.6 Å². The van der Waals surface area contributed by atoms with E-state index >= 15 is 0 Å². The van der Waals surface area contributed by atoms with Gasteiger partial charge in [0.05, 0.1) is 0 Å². The van der Waals surface area contributed by atoms with Crippen LogP contribution in [-0.2, 0) is 0 Å². The maximum absolute atomic E-state index is 12.2. The summed E-state index contributed by atoms with van der Waals surface area (Å²) in [5.41, 5.74) is 8.12. The molecule has 2 N–H and O–H groups in total. The average molecular weight is 249 g/mol. The fourth-order valence-electron chi connectivity index (χ4n) is 1.75. The summed E-state index contributed by atoms with van der Waals surface area (Å²) in [4.78, 5) is 16.0. The fraction of sp³-hybridized carbons (Fsp3) is 0.500. The van der Waals surface area contributed by atoms with Crippen molar-refractivity contribution in [3.8, 4) is 0 Å². The molecule has 0 aromatic heterocycles. The van der Waals surface area contributed by atoms with Crippen molar-refractivity contribution in [2.24, 2.45) is 0 Å². The molecule has 1 rings (SSSR count). The summed E-state index contributed by atoms with van der Waals surface area (Å²) in [5.74, 6) is 0.0526. The Bertz CT molecular complexity index is 416. The lowest BCUT2D eigenvalue weighted by Crippen LogP contribution is -2.29. The van der Waals surface area contributed by atoms with Crippen molar-refractivity contribution in [2.45, 2.75) is 13.3 Å². The van der Waals surface area contributed by atoms with E-state index in [1.165, 1.54) is 0 Å². The smallest absolute Gasteiger partial charge is 0.253 e. The van der Waals surface area contributed by atoms with E-state index in [-0.39, 0.29) is 5.91 Å². The summed E-state index contributed by atoms with van der Waals surface area (Å²) in [6.45, 7) is 3.66. The average Bonchev–Trinajstić information content (AvgIpc) is 2.31. The molecule has 0 aliphatic carbocycles. The molecule has 18 heavy (non-hydrogen) atoms. The van der Waals surface area contributed by atoms with E-state index in [1.807, 2.05) is 34.1 Å². The lowest BCUT2D eigenvalue weighted by Gasteiger charge is -2.19. The minimum Gasteiger partial charge on any atom is -0.399 e. The Kier molecular flexibility index (Phi) is 5.16. The molecular weight excluding hydrogens is 226 g/mol. The summed E-state index contributed by atoms with van der Waals surface area (Å²) >= 11 is 0. The van der Waals surface area contributed by atoms with Crippen LogP contribution in [0.3, 0.4) is 0 Å². The molecule has 0 heterocycles. The van der Waals surface area contributed by atoms with Crippen LogP contribution in [0.4, 0.5) is 5.69 Å². The molecule has 0 atom stereocenters. The number of benzene rings is 1. The molecule has 4 nitrogen and oxygen atoms in total. The predicted molar refractivity (Wildman–Crippen MR) is 75.7 cm³/mol. The first kappa shape index (κ1) is 14.5. The van der Waals surface area contributed by atoms with Crippen molar-refractivity contribution in [3.05, 3.63) is 29.3 Å². The highest BCUT2D eigenvalue weighted by Gasteiger charge is 2.11. The van der Waals surface area contributed by atoms with Gasteiger partial charge in [0.1, 0.15) is 0 Å². The van der Waals surface area contributed by atoms with E-state index in [4.69, 9.17) is 5.73 Å². The number of rotatable bonds is 5. The van der Waals surface area contributed by atoms with Crippen LogP contribution in [0.15, 0.2) is 18.2 Å². The van der Waals surface area contributed by atoms with Crippen molar-refractivity contribution in [2.75, 3.05) is 40.0 Å². The molecule has 1 aromatic carbocycles. The highest BCUT2D eigenvalue weighted by atomic mass is 16.2. The van der Waals surface area contributed by atoms with Crippen LogP contribution < -0.4 is 5.73 Å². The number of anilines is 1. The molecule has 0 saturated heterocycles. The van der Waals surface area contributed by atoms with Crippen LogP contribution in [0.1, 0.15) is 22.3 Å². The van der Waals surface area contributed by atoms with E-state index in [9.17, 15) is 4.79 Å². The van der Waals surface area contributed by atoms with Crippen LogP contribution in [0, 0.1) is 6.92 Å². The number of hydrogen-bond acceptors (Lipinski definition) is 3. The number of nitrogens with two attached hydrogens (primary N) is 1. The topological polar surface area (TPSA) is 49.6 Å². The first-order valence-electron chi connectivity index (χ1n) is 6.18. The van der Waals surface area contributed by atoms with E-state index in [0.717, 1.165) is 30.8 Å². The molecule has 0 bridgehead atoms. The first-order valence-corrected chi connectivity index (χ1v) is 6.18. The minimum atomic E-state index is 0.0526. The first-order chi connectivity index (χ1) is 8.41. The maximum atomic E-state index is 12.2. The Balaban J connectivity index is 2.60. The van der Waals surface area contributed by atoms with Crippen LogP contribution in [0.2, 0.25) is 0 Å². The van der Waals surface area contributed by atoms with Gasteiger partial charge in [-0.1, -0.05) is 0 Å². The molecule has 0 fully saturated rings. The van der Waals surface area contributed by atoms with Gasteiger partial charge in [0.15, 0.2) is 0 Å². The van der Waals surface area contributed by atoms with Crippen molar-refractivity contribution < 1.29 is 4.79 Å². The molecule has 0 aliphatic heterocycles. The Morgan fingerprint density at radius 2 is 1.89 bits per heavy atom. The van der Waals surface area contributed by atoms with Gasteiger partial charge in [-0.25, -0.2) is 0 Å². The van der Waals surface area contributed by atoms with Crippen LogP contribution in [0.5, 0.6) is 0 Å². The SMILES string of the molecule is Cc1cc(C(=O)N(C)CCCN(C)C)ccc1N. The maximum Gasteiger partial charge on any atom is 0.253 e. The van der Waals surface area contributed by atoms with Gasteiger partial charge >= 0.3 is 0 Å². The molecule has 100 valence electrons. The molecule has 1 aromatic rings. The summed E-state index contributed by atoms with van der Waals surface area (Å²) < 4.78 is 0. The number of carbonyl (C=O) groups excluding carboxylic acids is 1. The fourth-order valence-corrected chi connectivity index (χ4v) is 1.75. The van der Waals surface area contributed by atoms with Gasteiger partial charge < -0.3 is 15.5 Å². The quantitative estimate of drug-likeness (QED) is 0.806. The van der Waals surface area contributed by atoms with Crippen molar-refractivity contribution in [3.63, 3.8) is 0 Å². The predicted octanol–water partition coefficient (Wildman–Crippen LogP) is 1.60. The van der Waals surface area contributed by atoms with E-state index in [2.05, 4.69) is 4.90 Å². The Morgan fingerprint density at radius 1 is 1.22 bits per heavy atom. The highest BCUT2D eigenvalue weighted by Crippen LogP contribution is 2.14. The zero-order chi connectivity index (χ0) is 13.7. The van der Waals surface area contributed by atoms with Crippen molar-refractivity contribution in [1.82, 2.24) is 9.80 Å². The molecule has 4 heteroatoms. The number of hydrogen-bond donors (Lipinski definition) is 1. The Hall–Kier alpha value is -1.55. The van der Waals surface area contributed by atoms with Gasteiger partial charge in [-0.2, -0.15) is 0 Å². The summed E-state index contributed by atoms with van der Waals surface area (Å²) in [5, 5.41) is 0. The monoisotopic (exact) mass is 249 g/mol. The van der Waals surface area contributed by atoms with E-state index < -0.39 is 0 Å². The Morgan fingerprint density at radius 3 is 2.44 bits per heavy atom. The summed E-state index contributed by atoms with van der Waals surface area (Å²) in [6.07, 6.45) is 0.975. The van der Waals surface area contributed by atoms with E-state index in [1.54, 1.807) is 17.0 Å². The lowest BCUT2D eigenvalue weighted by molar-refractivity contribution is 0.0790. The van der Waals surface area contributed by atoms with Crippen LogP contribution >= 0.6 is 0 Å². The molecule has 0 saturated carbocycles. The van der Waals surface area contributed by atoms with Crippen LogP contribution in [0.25, 0.3) is 0 Å². The van der Waals surface area contributed by atoms with Gasteiger partial charge in [0, 0.05) is 24.8 Å². The third-order valence-electron chi connectivity index (χ3n) is 2.96. The second-order valence-electron chi connectivity index (χ2n) is 4.95. The van der Waals surface area contributed by atoms with E-state index in [0.29, 0.717) is 5.56 Å². The standard InChI is InChI=1S/C14H23N3O/c1-11-10-12(6-7-13(11)15)14(18)17(4)9-5-8-16(2)3/h6-7,10H,5,8-9,15H2,1-4H3.